The van der Waals surface area contributed by atoms with E-state index in [0.717, 1.165) is 66.3 Å². The number of aromatic nitrogens is 4. The highest BCUT2D eigenvalue weighted by Crippen LogP contribution is 2.32. The van der Waals surface area contributed by atoms with Crippen LogP contribution in [0.25, 0.3) is 22.4 Å². The van der Waals surface area contributed by atoms with E-state index < -0.39 is 6.10 Å². The van der Waals surface area contributed by atoms with E-state index in [2.05, 4.69) is 32.2 Å². The summed E-state index contributed by atoms with van der Waals surface area (Å²) in [7, 11) is 1.93. The number of hydrogen-bond donors (Lipinski definition) is 2. The van der Waals surface area contributed by atoms with Gasteiger partial charge >= 0.3 is 0 Å². The summed E-state index contributed by atoms with van der Waals surface area (Å²) in [6.07, 6.45) is 6.91. The number of furan rings is 1. The summed E-state index contributed by atoms with van der Waals surface area (Å²) in [4.78, 5) is 6.73. The molecule has 7 heteroatoms. The minimum Gasteiger partial charge on any atom is -0.454 e. The van der Waals surface area contributed by atoms with Crippen LogP contribution in [-0.4, -0.2) is 42.8 Å². The molecule has 0 radical (unpaired) electrons. The SMILES string of the molecule is Cn1ccnc1[C@@H](O)C1CCN(Cc2cn[nH]c2-c2cc3ccccc3o2)CC1. The van der Waals surface area contributed by atoms with Gasteiger partial charge < -0.3 is 14.1 Å². The van der Waals surface area contributed by atoms with E-state index in [1.165, 1.54) is 0 Å². The largest absolute Gasteiger partial charge is 0.454 e. The summed E-state index contributed by atoms with van der Waals surface area (Å²) in [5.74, 6) is 1.82. The lowest BCUT2D eigenvalue weighted by molar-refractivity contribution is 0.0492. The number of nitrogens with zero attached hydrogens (tertiary/aromatic N) is 4. The maximum Gasteiger partial charge on any atom is 0.153 e. The first-order valence-corrected chi connectivity index (χ1v) is 10.1. The molecule has 0 saturated carbocycles. The number of piperidine rings is 1. The van der Waals surface area contributed by atoms with Crippen LogP contribution in [0.1, 0.15) is 30.3 Å². The number of benzene rings is 1. The van der Waals surface area contributed by atoms with Crippen LogP contribution in [0.2, 0.25) is 0 Å². The Balaban J connectivity index is 1.26. The number of rotatable bonds is 5. The molecule has 4 aromatic rings. The summed E-state index contributed by atoms with van der Waals surface area (Å²) in [6.45, 7) is 2.70. The van der Waals surface area contributed by atoms with Gasteiger partial charge in [0, 0.05) is 36.9 Å². The van der Waals surface area contributed by atoms with Crippen molar-refractivity contribution < 1.29 is 9.52 Å². The maximum absolute atomic E-state index is 10.7. The van der Waals surface area contributed by atoms with Gasteiger partial charge in [-0.05, 0) is 44.0 Å². The zero-order valence-corrected chi connectivity index (χ0v) is 16.5. The fraction of sp³-hybridized carbons (Fsp3) is 0.364. The number of aryl methyl sites for hydroxylation is 1. The summed E-state index contributed by atoms with van der Waals surface area (Å²) in [5.41, 5.74) is 2.95. The number of aromatic amines is 1. The van der Waals surface area contributed by atoms with E-state index in [0.29, 0.717) is 0 Å². The van der Waals surface area contributed by atoms with Crippen molar-refractivity contribution in [3.05, 3.63) is 60.3 Å². The lowest BCUT2D eigenvalue weighted by Gasteiger charge is -2.33. The number of aliphatic hydroxyl groups is 1. The number of imidazole rings is 1. The van der Waals surface area contributed by atoms with Gasteiger partial charge in [0.25, 0.3) is 0 Å². The lowest BCUT2D eigenvalue weighted by Crippen LogP contribution is -2.35. The van der Waals surface area contributed by atoms with Gasteiger partial charge in [-0.25, -0.2) is 4.98 Å². The highest BCUT2D eigenvalue weighted by atomic mass is 16.3. The van der Waals surface area contributed by atoms with Crippen LogP contribution in [0.5, 0.6) is 0 Å². The molecule has 1 aliphatic rings. The van der Waals surface area contributed by atoms with Gasteiger partial charge in [-0.15, -0.1) is 0 Å². The van der Waals surface area contributed by atoms with E-state index in [1.807, 2.05) is 42.2 Å². The smallest absolute Gasteiger partial charge is 0.153 e. The standard InChI is InChI=1S/C22H25N5O2/c1-26-11-8-23-22(26)21(28)15-6-9-27(10-7-15)14-17-13-24-25-20(17)19-12-16-4-2-3-5-18(16)29-19/h2-5,8,11-13,15,21,28H,6-7,9-10,14H2,1H3,(H,24,25)/t21-/m0/s1. The summed E-state index contributed by atoms with van der Waals surface area (Å²) < 4.78 is 7.92. The van der Waals surface area contributed by atoms with Crippen molar-refractivity contribution in [2.24, 2.45) is 13.0 Å². The lowest BCUT2D eigenvalue weighted by atomic mass is 9.90. The molecule has 0 unspecified atom stereocenters. The first kappa shape index (κ1) is 18.1. The Morgan fingerprint density at radius 3 is 2.86 bits per heavy atom. The normalized spacial score (nSPS) is 17.2. The number of H-pyrrole nitrogens is 1. The van der Waals surface area contributed by atoms with Gasteiger partial charge in [-0.1, -0.05) is 18.2 Å². The molecule has 4 heterocycles. The Labute approximate surface area is 169 Å². The van der Waals surface area contributed by atoms with Gasteiger partial charge in [-0.3, -0.25) is 10.00 Å². The Hall–Kier alpha value is -2.90. The van der Waals surface area contributed by atoms with Crippen molar-refractivity contribution in [3.8, 4) is 11.5 Å². The predicted molar refractivity (Wildman–Crippen MR) is 110 cm³/mol. The Morgan fingerprint density at radius 2 is 2.10 bits per heavy atom. The minimum atomic E-state index is -0.503. The molecule has 3 aromatic heterocycles. The third-order valence-electron chi connectivity index (χ3n) is 5.99. The molecule has 1 aliphatic heterocycles. The third kappa shape index (κ3) is 3.47. The second-order valence-corrected chi connectivity index (χ2v) is 7.87. The molecule has 1 saturated heterocycles. The van der Waals surface area contributed by atoms with Crippen LogP contribution in [-0.2, 0) is 13.6 Å². The zero-order valence-electron chi connectivity index (χ0n) is 16.5. The second kappa shape index (κ2) is 7.50. The van der Waals surface area contributed by atoms with Gasteiger partial charge in [0.1, 0.15) is 23.2 Å². The molecule has 2 N–H and O–H groups in total. The van der Waals surface area contributed by atoms with Crippen LogP contribution in [0.15, 0.2) is 53.3 Å². The third-order valence-corrected chi connectivity index (χ3v) is 5.99. The molecule has 29 heavy (non-hydrogen) atoms. The molecule has 1 aromatic carbocycles. The number of nitrogens with one attached hydrogen (secondary N) is 1. The minimum absolute atomic E-state index is 0.242. The average Bonchev–Trinajstić information content (AvgIpc) is 3.47. The Bertz CT molecular complexity index is 1070. The molecule has 0 spiro atoms. The molecule has 0 bridgehead atoms. The quantitative estimate of drug-likeness (QED) is 0.544. The first-order valence-electron chi connectivity index (χ1n) is 10.1. The monoisotopic (exact) mass is 391 g/mol. The molecular formula is C22H25N5O2. The number of fused-ring (bicyclic) bond motifs is 1. The highest BCUT2D eigenvalue weighted by Gasteiger charge is 2.29. The van der Waals surface area contributed by atoms with E-state index in [1.54, 1.807) is 6.20 Å². The number of hydrogen-bond acceptors (Lipinski definition) is 5. The van der Waals surface area contributed by atoms with Crippen molar-refractivity contribution in [3.63, 3.8) is 0 Å². The molecule has 150 valence electrons. The van der Waals surface area contributed by atoms with Crippen molar-refractivity contribution >= 4 is 11.0 Å². The van der Waals surface area contributed by atoms with Crippen LogP contribution in [0.3, 0.4) is 0 Å². The Kier molecular flexibility index (Phi) is 4.69. The number of para-hydroxylation sites is 1. The number of aliphatic hydroxyl groups excluding tert-OH is 1. The Morgan fingerprint density at radius 1 is 1.28 bits per heavy atom. The molecule has 5 rings (SSSR count). The van der Waals surface area contributed by atoms with Crippen molar-refractivity contribution in [2.45, 2.75) is 25.5 Å². The summed E-state index contributed by atoms with van der Waals surface area (Å²) >= 11 is 0. The maximum atomic E-state index is 10.7. The van der Waals surface area contributed by atoms with Crippen LogP contribution >= 0.6 is 0 Å². The summed E-state index contributed by atoms with van der Waals surface area (Å²) in [6, 6.07) is 10.1. The zero-order chi connectivity index (χ0) is 19.8. The fourth-order valence-electron chi connectivity index (χ4n) is 4.29. The number of likely N-dealkylation sites (tertiary alicyclic amines) is 1. The first-order chi connectivity index (χ1) is 14.2. The van der Waals surface area contributed by atoms with Crippen molar-refractivity contribution in [1.82, 2.24) is 24.6 Å². The van der Waals surface area contributed by atoms with E-state index >= 15 is 0 Å². The molecule has 0 aliphatic carbocycles. The van der Waals surface area contributed by atoms with Gasteiger partial charge in [0.2, 0.25) is 0 Å². The molecule has 1 atom stereocenters. The van der Waals surface area contributed by atoms with Crippen molar-refractivity contribution in [2.75, 3.05) is 13.1 Å². The second-order valence-electron chi connectivity index (χ2n) is 7.87. The average molecular weight is 391 g/mol. The van der Waals surface area contributed by atoms with Gasteiger partial charge in [0.15, 0.2) is 5.76 Å². The topological polar surface area (TPSA) is 83.1 Å². The fourth-order valence-corrected chi connectivity index (χ4v) is 4.29. The van der Waals surface area contributed by atoms with Crippen molar-refractivity contribution in [1.29, 1.82) is 0 Å². The van der Waals surface area contributed by atoms with E-state index in [4.69, 9.17) is 4.42 Å². The highest BCUT2D eigenvalue weighted by molar-refractivity contribution is 5.82. The van der Waals surface area contributed by atoms with Gasteiger partial charge in [-0.2, -0.15) is 5.10 Å². The van der Waals surface area contributed by atoms with Gasteiger partial charge in [0.05, 0.1) is 6.20 Å². The summed E-state index contributed by atoms with van der Waals surface area (Å²) in [5, 5.41) is 19.1. The van der Waals surface area contributed by atoms with E-state index in [-0.39, 0.29) is 5.92 Å². The molecular weight excluding hydrogens is 366 g/mol. The van der Waals surface area contributed by atoms with Crippen LogP contribution in [0.4, 0.5) is 0 Å². The van der Waals surface area contributed by atoms with Crippen LogP contribution in [0, 0.1) is 5.92 Å². The predicted octanol–water partition coefficient (Wildman–Crippen LogP) is 3.50. The molecule has 1 fully saturated rings. The molecule has 7 nitrogen and oxygen atoms in total. The van der Waals surface area contributed by atoms with E-state index in [9.17, 15) is 5.11 Å². The van der Waals surface area contributed by atoms with Crippen LogP contribution < -0.4 is 0 Å². The molecule has 0 amide bonds.